The van der Waals surface area contributed by atoms with Crippen molar-refractivity contribution in [2.24, 2.45) is 0 Å². The molecule has 2 N–H and O–H groups in total. The number of methoxy groups -OCH3 is 1. The molecule has 144 valence electrons. The summed E-state index contributed by atoms with van der Waals surface area (Å²) in [5, 5.41) is 6.10. The summed E-state index contributed by atoms with van der Waals surface area (Å²) in [5.74, 6) is -0.145. The highest BCUT2D eigenvalue weighted by Gasteiger charge is 2.19. The van der Waals surface area contributed by atoms with Crippen LogP contribution in [0, 0.1) is 6.92 Å². The molecule has 0 aliphatic carbocycles. The van der Waals surface area contributed by atoms with E-state index in [2.05, 4.69) is 20.6 Å². The third-order valence-corrected chi connectivity index (χ3v) is 4.00. The van der Waals surface area contributed by atoms with E-state index in [9.17, 15) is 9.59 Å². The van der Waals surface area contributed by atoms with Gasteiger partial charge in [0.25, 0.3) is 5.91 Å². The summed E-state index contributed by atoms with van der Waals surface area (Å²) < 4.78 is 10.4. The van der Waals surface area contributed by atoms with E-state index in [1.54, 1.807) is 30.6 Å². The highest BCUT2D eigenvalue weighted by atomic mass is 35.5. The van der Waals surface area contributed by atoms with Gasteiger partial charge in [0.2, 0.25) is 5.95 Å². The van der Waals surface area contributed by atoms with Crippen LogP contribution in [-0.4, -0.2) is 41.6 Å². The molecular formula is C18H21ClN4O4. The van der Waals surface area contributed by atoms with Crippen molar-refractivity contribution in [1.29, 1.82) is 0 Å². The second-order valence-electron chi connectivity index (χ2n) is 5.67. The van der Waals surface area contributed by atoms with Gasteiger partial charge in [-0.05, 0) is 31.5 Å². The van der Waals surface area contributed by atoms with Crippen LogP contribution >= 0.6 is 11.6 Å². The van der Waals surface area contributed by atoms with E-state index in [1.165, 1.54) is 14.0 Å². The van der Waals surface area contributed by atoms with Crippen LogP contribution in [0.25, 0.3) is 0 Å². The van der Waals surface area contributed by atoms with Gasteiger partial charge in [-0.2, -0.15) is 0 Å². The summed E-state index contributed by atoms with van der Waals surface area (Å²) in [5.41, 5.74) is 1.24. The van der Waals surface area contributed by atoms with Crippen LogP contribution in [0.3, 0.4) is 0 Å². The van der Waals surface area contributed by atoms with Crippen molar-refractivity contribution in [2.45, 2.75) is 26.4 Å². The van der Waals surface area contributed by atoms with Crippen LogP contribution in [0.15, 0.2) is 30.6 Å². The average molecular weight is 393 g/mol. The van der Waals surface area contributed by atoms with Gasteiger partial charge >= 0.3 is 5.97 Å². The van der Waals surface area contributed by atoms with Crippen LogP contribution in [0.2, 0.25) is 5.02 Å². The second-order valence-corrected chi connectivity index (χ2v) is 6.08. The van der Waals surface area contributed by atoms with Crippen molar-refractivity contribution in [3.05, 3.63) is 41.2 Å². The number of aromatic nitrogens is 2. The molecule has 0 bridgehead atoms. The Balaban J connectivity index is 1.84. The number of hydrogen-bond donors (Lipinski definition) is 2. The Labute approximate surface area is 162 Å². The van der Waals surface area contributed by atoms with Crippen LogP contribution in [-0.2, 0) is 14.3 Å². The summed E-state index contributed by atoms with van der Waals surface area (Å²) in [4.78, 5) is 32.2. The number of carbonyl (C=O) groups excluding carboxylic acids is 2. The first-order valence-electron chi connectivity index (χ1n) is 8.26. The zero-order chi connectivity index (χ0) is 19.8. The molecule has 1 amide bonds. The van der Waals surface area contributed by atoms with Gasteiger partial charge < -0.3 is 20.1 Å². The molecule has 0 saturated heterocycles. The molecule has 1 atom stereocenters. The summed E-state index contributed by atoms with van der Waals surface area (Å²) in [7, 11) is 1.48. The maximum atomic E-state index is 12.3. The smallest absolute Gasteiger partial charge is 0.308 e. The standard InChI is InChI=1S/C18H21ClN4O4/c1-11-9-14(15(26-3)10-13(11)19)23-17(25)12(2)27-16(24)5-8-22-18-20-6-4-7-21-18/h4,6-7,9-10,12H,5,8H2,1-3H3,(H,23,25)(H,20,21,22). The maximum absolute atomic E-state index is 12.3. The Morgan fingerprint density at radius 2 is 1.96 bits per heavy atom. The summed E-state index contributed by atoms with van der Waals surface area (Å²) in [6, 6.07) is 4.99. The number of rotatable bonds is 8. The normalized spacial score (nSPS) is 11.4. The largest absolute Gasteiger partial charge is 0.495 e. The number of aryl methyl sites for hydroxylation is 1. The molecule has 1 unspecified atom stereocenters. The van der Waals surface area contributed by atoms with Crippen LogP contribution in [0.4, 0.5) is 11.6 Å². The van der Waals surface area contributed by atoms with Gasteiger partial charge in [-0.15, -0.1) is 0 Å². The first-order chi connectivity index (χ1) is 12.9. The molecule has 1 heterocycles. The molecule has 8 nitrogen and oxygen atoms in total. The maximum Gasteiger partial charge on any atom is 0.308 e. The summed E-state index contributed by atoms with van der Waals surface area (Å²) >= 11 is 6.05. The minimum absolute atomic E-state index is 0.0687. The lowest BCUT2D eigenvalue weighted by Crippen LogP contribution is -2.30. The van der Waals surface area contributed by atoms with E-state index in [4.69, 9.17) is 21.1 Å². The number of carbonyl (C=O) groups is 2. The highest BCUT2D eigenvalue weighted by molar-refractivity contribution is 6.31. The van der Waals surface area contributed by atoms with E-state index in [0.717, 1.165) is 5.56 Å². The Morgan fingerprint density at radius 1 is 1.26 bits per heavy atom. The van der Waals surface area contributed by atoms with Crippen molar-refractivity contribution in [2.75, 3.05) is 24.3 Å². The minimum atomic E-state index is -0.967. The predicted octanol–water partition coefficient (Wildman–Crippen LogP) is 2.82. The SMILES string of the molecule is COc1cc(Cl)c(C)cc1NC(=O)C(C)OC(=O)CCNc1ncccn1. The van der Waals surface area contributed by atoms with E-state index in [0.29, 0.717) is 29.0 Å². The van der Waals surface area contributed by atoms with E-state index in [-0.39, 0.29) is 6.42 Å². The fourth-order valence-corrected chi connectivity index (χ4v) is 2.29. The van der Waals surface area contributed by atoms with Crippen LogP contribution in [0.1, 0.15) is 18.9 Å². The van der Waals surface area contributed by atoms with Gasteiger partial charge in [-0.25, -0.2) is 9.97 Å². The first-order valence-corrected chi connectivity index (χ1v) is 8.64. The number of benzene rings is 1. The van der Waals surface area contributed by atoms with Crippen molar-refractivity contribution in [1.82, 2.24) is 9.97 Å². The van der Waals surface area contributed by atoms with Gasteiger partial charge in [0.15, 0.2) is 6.10 Å². The fraction of sp³-hybridized carbons (Fsp3) is 0.333. The van der Waals surface area contributed by atoms with Gasteiger partial charge in [-0.3, -0.25) is 9.59 Å². The zero-order valence-corrected chi connectivity index (χ0v) is 16.0. The Hall–Kier alpha value is -2.87. The number of amides is 1. The van der Waals surface area contributed by atoms with E-state index >= 15 is 0 Å². The number of halogens is 1. The molecule has 1 aromatic heterocycles. The number of esters is 1. The molecule has 2 aromatic rings. The molecule has 0 aliphatic rings. The highest BCUT2D eigenvalue weighted by Crippen LogP contribution is 2.31. The molecule has 0 radical (unpaired) electrons. The van der Waals surface area contributed by atoms with Gasteiger partial charge in [0.05, 0.1) is 19.2 Å². The molecule has 0 saturated carbocycles. The molecule has 1 aromatic carbocycles. The van der Waals surface area contributed by atoms with Gasteiger partial charge in [0.1, 0.15) is 5.75 Å². The Bertz CT molecular complexity index is 801. The van der Waals surface area contributed by atoms with Crippen molar-refractivity contribution < 1.29 is 19.1 Å². The van der Waals surface area contributed by atoms with Crippen molar-refractivity contribution in [3.63, 3.8) is 0 Å². The molecule has 9 heteroatoms. The van der Waals surface area contributed by atoms with E-state index in [1.807, 2.05) is 6.92 Å². The lowest BCUT2D eigenvalue weighted by atomic mass is 10.2. The molecule has 2 rings (SSSR count). The van der Waals surface area contributed by atoms with Gasteiger partial charge in [0, 0.05) is 30.0 Å². The number of nitrogens with zero attached hydrogens (tertiary/aromatic N) is 2. The number of ether oxygens (including phenoxy) is 2. The third-order valence-electron chi connectivity index (χ3n) is 3.59. The lowest BCUT2D eigenvalue weighted by molar-refractivity contribution is -0.152. The fourth-order valence-electron chi connectivity index (χ4n) is 2.14. The number of anilines is 2. The third kappa shape index (κ3) is 6.10. The molecule has 0 fully saturated rings. The number of hydrogen-bond acceptors (Lipinski definition) is 7. The number of nitrogens with one attached hydrogen (secondary N) is 2. The van der Waals surface area contributed by atoms with Gasteiger partial charge in [-0.1, -0.05) is 11.6 Å². The lowest BCUT2D eigenvalue weighted by Gasteiger charge is -2.16. The van der Waals surface area contributed by atoms with Crippen molar-refractivity contribution >= 4 is 35.1 Å². The minimum Gasteiger partial charge on any atom is -0.495 e. The molecular weight excluding hydrogens is 372 g/mol. The summed E-state index contributed by atoms with van der Waals surface area (Å²) in [6.07, 6.45) is 2.28. The monoisotopic (exact) mass is 392 g/mol. The second kappa shape index (κ2) is 9.72. The average Bonchev–Trinajstić information content (AvgIpc) is 2.65. The Kier molecular flexibility index (Phi) is 7.36. The predicted molar refractivity (Wildman–Crippen MR) is 102 cm³/mol. The molecule has 27 heavy (non-hydrogen) atoms. The molecule has 0 aliphatic heterocycles. The van der Waals surface area contributed by atoms with E-state index < -0.39 is 18.0 Å². The quantitative estimate of drug-likeness (QED) is 0.666. The molecule has 0 spiro atoms. The van der Waals surface area contributed by atoms with Crippen molar-refractivity contribution in [3.8, 4) is 5.75 Å². The summed E-state index contributed by atoms with van der Waals surface area (Å²) in [6.45, 7) is 3.60. The Morgan fingerprint density at radius 3 is 2.63 bits per heavy atom. The zero-order valence-electron chi connectivity index (χ0n) is 15.3. The topological polar surface area (TPSA) is 102 Å². The first kappa shape index (κ1) is 20.4. The van der Waals surface area contributed by atoms with Crippen LogP contribution < -0.4 is 15.4 Å². The van der Waals surface area contributed by atoms with Crippen LogP contribution in [0.5, 0.6) is 5.75 Å².